The topological polar surface area (TPSA) is 36.4 Å². The molecule has 108 valence electrons. The highest BCUT2D eigenvalue weighted by molar-refractivity contribution is 7.80. The molecule has 2 aromatic carbocycles. The first-order chi connectivity index (χ1) is 10.1. The van der Waals surface area contributed by atoms with Crippen LogP contribution in [0.3, 0.4) is 0 Å². The van der Waals surface area contributed by atoms with E-state index in [1.54, 1.807) is 0 Å². The molecule has 0 atom stereocenters. The second kappa shape index (κ2) is 7.44. The molecule has 0 radical (unpaired) electrons. The monoisotopic (exact) mass is 305 g/mol. The Kier molecular flexibility index (Phi) is 5.34. The Labute approximate surface area is 126 Å². The largest absolute Gasteiger partial charge is 0.357 e. The van der Waals surface area contributed by atoms with Crippen LogP contribution in [0.25, 0.3) is 0 Å². The van der Waals surface area contributed by atoms with Gasteiger partial charge in [0.1, 0.15) is 0 Å². The molecule has 0 aliphatic rings. The first-order valence-corrected chi connectivity index (χ1v) is 6.62. The van der Waals surface area contributed by atoms with Crippen molar-refractivity contribution in [2.75, 3.05) is 0 Å². The molecular weight excluding hydrogens is 292 g/mol. The van der Waals surface area contributed by atoms with E-state index in [9.17, 15) is 8.78 Å². The number of rotatable bonds is 4. The van der Waals surface area contributed by atoms with Crippen molar-refractivity contribution in [2.24, 2.45) is 5.10 Å². The molecule has 0 spiro atoms. The number of benzene rings is 2. The summed E-state index contributed by atoms with van der Waals surface area (Å²) >= 11 is 5.05. The molecule has 0 fully saturated rings. The van der Waals surface area contributed by atoms with Crippen LogP contribution in [0.1, 0.15) is 11.1 Å². The van der Waals surface area contributed by atoms with Gasteiger partial charge in [0.15, 0.2) is 16.7 Å². The molecule has 0 bridgehead atoms. The lowest BCUT2D eigenvalue weighted by molar-refractivity contribution is 0.508. The Balaban J connectivity index is 1.80. The predicted octanol–water partition coefficient (Wildman–Crippen LogP) is 2.96. The van der Waals surface area contributed by atoms with E-state index in [1.165, 1.54) is 12.3 Å². The molecule has 0 amide bonds. The zero-order valence-electron chi connectivity index (χ0n) is 11.0. The normalized spacial score (nSPS) is 10.6. The number of nitrogens with zero attached hydrogens (tertiary/aromatic N) is 1. The lowest BCUT2D eigenvalue weighted by Crippen LogP contribution is -2.31. The summed E-state index contributed by atoms with van der Waals surface area (Å²) in [6.45, 7) is 0.577. The molecule has 0 aliphatic carbocycles. The van der Waals surface area contributed by atoms with Crippen molar-refractivity contribution >= 4 is 23.5 Å². The fourth-order valence-electron chi connectivity index (χ4n) is 1.58. The molecule has 2 N–H and O–H groups in total. The fourth-order valence-corrected chi connectivity index (χ4v) is 1.70. The van der Waals surface area contributed by atoms with Crippen molar-refractivity contribution in [3.05, 3.63) is 71.3 Å². The predicted molar refractivity (Wildman–Crippen MR) is 83.0 cm³/mol. The molecule has 0 saturated carbocycles. The minimum absolute atomic E-state index is 0.345. The van der Waals surface area contributed by atoms with Crippen LogP contribution < -0.4 is 10.7 Å². The molecule has 0 unspecified atom stereocenters. The lowest BCUT2D eigenvalue weighted by Gasteiger charge is -2.06. The van der Waals surface area contributed by atoms with E-state index in [2.05, 4.69) is 15.8 Å². The Morgan fingerprint density at radius 2 is 1.86 bits per heavy atom. The second-order valence-electron chi connectivity index (χ2n) is 4.21. The van der Waals surface area contributed by atoms with Crippen LogP contribution in [0, 0.1) is 11.6 Å². The first kappa shape index (κ1) is 15.1. The van der Waals surface area contributed by atoms with Gasteiger partial charge < -0.3 is 5.32 Å². The first-order valence-electron chi connectivity index (χ1n) is 6.21. The second-order valence-corrected chi connectivity index (χ2v) is 4.62. The highest BCUT2D eigenvalue weighted by Crippen LogP contribution is 2.06. The molecule has 0 heterocycles. The van der Waals surface area contributed by atoms with E-state index in [0.717, 1.165) is 17.7 Å². The zero-order valence-corrected chi connectivity index (χ0v) is 11.8. The molecule has 2 rings (SSSR count). The van der Waals surface area contributed by atoms with E-state index in [0.29, 0.717) is 17.2 Å². The number of hydrogen-bond acceptors (Lipinski definition) is 2. The van der Waals surface area contributed by atoms with Gasteiger partial charge >= 0.3 is 0 Å². The third kappa shape index (κ3) is 4.92. The molecule has 0 saturated heterocycles. The van der Waals surface area contributed by atoms with Crippen LogP contribution in [0.2, 0.25) is 0 Å². The van der Waals surface area contributed by atoms with Crippen molar-refractivity contribution in [2.45, 2.75) is 6.54 Å². The fraction of sp³-hybridized carbons (Fsp3) is 0.0667. The SMILES string of the molecule is Fc1ccc(C=NNC(=S)NCc2ccccc2)cc1F. The van der Waals surface area contributed by atoms with Crippen LogP contribution >= 0.6 is 12.2 Å². The van der Waals surface area contributed by atoms with E-state index in [-0.39, 0.29) is 0 Å². The molecule has 0 aromatic heterocycles. The van der Waals surface area contributed by atoms with Gasteiger partial charge in [-0.1, -0.05) is 36.4 Å². The Morgan fingerprint density at radius 3 is 2.57 bits per heavy atom. The molecule has 0 aliphatic heterocycles. The lowest BCUT2D eigenvalue weighted by atomic mass is 10.2. The van der Waals surface area contributed by atoms with Crippen molar-refractivity contribution in [3.8, 4) is 0 Å². The quantitative estimate of drug-likeness (QED) is 0.518. The zero-order chi connectivity index (χ0) is 15.1. The summed E-state index contributed by atoms with van der Waals surface area (Å²) in [4.78, 5) is 0. The van der Waals surface area contributed by atoms with Crippen LogP contribution in [0.4, 0.5) is 8.78 Å². The highest BCUT2D eigenvalue weighted by Gasteiger charge is 2.00. The highest BCUT2D eigenvalue weighted by atomic mass is 32.1. The maximum atomic E-state index is 13.0. The number of hydrogen-bond donors (Lipinski definition) is 2. The number of hydrazone groups is 1. The van der Waals surface area contributed by atoms with Gasteiger partial charge in [-0.2, -0.15) is 5.10 Å². The van der Waals surface area contributed by atoms with Crippen LogP contribution in [0.5, 0.6) is 0 Å². The average molecular weight is 305 g/mol. The number of nitrogens with one attached hydrogen (secondary N) is 2. The van der Waals surface area contributed by atoms with Gasteiger partial charge in [-0.15, -0.1) is 0 Å². The Morgan fingerprint density at radius 1 is 1.10 bits per heavy atom. The standard InChI is InChI=1S/C15H13F2N3S/c16-13-7-6-12(8-14(13)17)10-19-20-15(21)18-9-11-4-2-1-3-5-11/h1-8,10H,9H2,(H2,18,20,21). The summed E-state index contributed by atoms with van der Waals surface area (Å²) in [5, 5.41) is 7.18. The molecule has 2 aromatic rings. The summed E-state index contributed by atoms with van der Waals surface area (Å²) < 4.78 is 25.7. The van der Waals surface area contributed by atoms with Crippen LogP contribution in [-0.2, 0) is 6.54 Å². The van der Waals surface area contributed by atoms with Gasteiger partial charge in [0.2, 0.25) is 0 Å². The molecule has 3 nitrogen and oxygen atoms in total. The van der Waals surface area contributed by atoms with E-state index >= 15 is 0 Å². The minimum Gasteiger partial charge on any atom is -0.357 e. The van der Waals surface area contributed by atoms with E-state index in [4.69, 9.17) is 12.2 Å². The molecular formula is C15H13F2N3S. The van der Waals surface area contributed by atoms with E-state index in [1.807, 2.05) is 30.3 Å². The maximum Gasteiger partial charge on any atom is 0.187 e. The van der Waals surface area contributed by atoms with Crippen LogP contribution in [0.15, 0.2) is 53.6 Å². The summed E-state index contributed by atoms with van der Waals surface area (Å²) in [5.74, 6) is -1.80. The van der Waals surface area contributed by atoms with Gasteiger partial charge in [-0.05, 0) is 35.5 Å². The molecule has 6 heteroatoms. The van der Waals surface area contributed by atoms with Gasteiger partial charge in [-0.25, -0.2) is 8.78 Å². The minimum atomic E-state index is -0.913. The van der Waals surface area contributed by atoms with Crippen molar-refractivity contribution < 1.29 is 8.78 Å². The van der Waals surface area contributed by atoms with E-state index < -0.39 is 11.6 Å². The van der Waals surface area contributed by atoms with Gasteiger partial charge in [-0.3, -0.25) is 5.43 Å². The summed E-state index contributed by atoms with van der Waals surface area (Å²) in [6.07, 6.45) is 1.36. The Hall–Kier alpha value is -2.34. The Bertz CT molecular complexity index is 645. The number of halogens is 2. The third-order valence-corrected chi connectivity index (χ3v) is 2.85. The molecule has 21 heavy (non-hydrogen) atoms. The van der Waals surface area contributed by atoms with Crippen molar-refractivity contribution in [1.82, 2.24) is 10.7 Å². The van der Waals surface area contributed by atoms with Crippen LogP contribution in [-0.4, -0.2) is 11.3 Å². The number of thiocarbonyl (C=S) groups is 1. The summed E-state index contributed by atoms with van der Waals surface area (Å²) in [5.41, 5.74) is 4.14. The summed E-state index contributed by atoms with van der Waals surface area (Å²) in [7, 11) is 0. The maximum absolute atomic E-state index is 13.0. The van der Waals surface area contributed by atoms with Gasteiger partial charge in [0.05, 0.1) is 6.21 Å². The van der Waals surface area contributed by atoms with Crippen molar-refractivity contribution in [3.63, 3.8) is 0 Å². The summed E-state index contributed by atoms with van der Waals surface area (Å²) in [6, 6.07) is 13.3. The van der Waals surface area contributed by atoms with Gasteiger partial charge in [0, 0.05) is 6.54 Å². The smallest absolute Gasteiger partial charge is 0.187 e. The third-order valence-electron chi connectivity index (χ3n) is 2.62. The average Bonchev–Trinajstić information content (AvgIpc) is 2.50. The van der Waals surface area contributed by atoms with Crippen molar-refractivity contribution in [1.29, 1.82) is 0 Å². The van der Waals surface area contributed by atoms with Gasteiger partial charge in [0.25, 0.3) is 0 Å².